The minimum absolute atomic E-state index is 0.229. The Kier molecular flexibility index (Phi) is 5.74. The molecule has 1 fully saturated rings. The van der Waals surface area contributed by atoms with Crippen LogP contribution in [0.3, 0.4) is 0 Å². The molecule has 1 saturated heterocycles. The zero-order chi connectivity index (χ0) is 19.6. The second-order valence-electron chi connectivity index (χ2n) is 7.13. The first kappa shape index (κ1) is 19.3. The van der Waals surface area contributed by atoms with Gasteiger partial charge in [-0.3, -0.25) is 9.48 Å². The highest BCUT2D eigenvalue weighted by molar-refractivity contribution is 5.90. The Balaban J connectivity index is 1.74. The van der Waals surface area contributed by atoms with E-state index in [1.807, 2.05) is 31.8 Å². The van der Waals surface area contributed by atoms with Crippen molar-refractivity contribution < 1.29 is 4.79 Å². The van der Waals surface area contributed by atoms with Crippen molar-refractivity contribution in [3.05, 3.63) is 35.0 Å². The molecule has 2 N–H and O–H groups in total. The topological polar surface area (TPSA) is 88.0 Å². The fourth-order valence-corrected chi connectivity index (χ4v) is 3.54. The number of nitrogens with one attached hydrogen (secondary N) is 2. The average Bonchev–Trinajstić information content (AvgIpc) is 3.30. The van der Waals surface area contributed by atoms with Crippen LogP contribution in [-0.4, -0.2) is 51.8 Å². The number of nitrogens with zero attached hydrogens (tertiary/aromatic N) is 5. The van der Waals surface area contributed by atoms with Crippen molar-refractivity contribution in [2.45, 2.75) is 45.7 Å². The van der Waals surface area contributed by atoms with Crippen LogP contribution in [0.5, 0.6) is 0 Å². The molecule has 8 heteroatoms. The summed E-state index contributed by atoms with van der Waals surface area (Å²) in [4.78, 5) is 23.1. The highest BCUT2D eigenvalue weighted by atomic mass is 16.2. The minimum atomic E-state index is -0.255. The summed E-state index contributed by atoms with van der Waals surface area (Å²) < 4.78 is 1.84. The predicted molar refractivity (Wildman–Crippen MR) is 105 cm³/mol. The number of anilines is 1. The Labute approximate surface area is 160 Å². The standard InChI is InChI=1S/C19H29N7O/c1-6-15(16-8-9-25(5)24-16)22-14-7-10-26(11-14)18-12(2)13(3)21-17(23-18)19(27)20-4/h8-9,14-15,22H,6-7,10-11H2,1-5H3,(H,20,27)/t14-,15?/m1/s1. The second-order valence-corrected chi connectivity index (χ2v) is 7.13. The second kappa shape index (κ2) is 8.04. The van der Waals surface area contributed by atoms with Gasteiger partial charge in [-0.2, -0.15) is 5.10 Å². The third-order valence-electron chi connectivity index (χ3n) is 5.22. The molecule has 0 radical (unpaired) electrons. The molecule has 2 aromatic rings. The van der Waals surface area contributed by atoms with E-state index < -0.39 is 0 Å². The zero-order valence-electron chi connectivity index (χ0n) is 16.8. The molecule has 1 unspecified atom stereocenters. The Hall–Kier alpha value is -2.48. The third kappa shape index (κ3) is 4.10. The summed E-state index contributed by atoms with van der Waals surface area (Å²) in [5.41, 5.74) is 2.95. The lowest BCUT2D eigenvalue weighted by Crippen LogP contribution is -2.36. The third-order valence-corrected chi connectivity index (χ3v) is 5.22. The first-order valence-electron chi connectivity index (χ1n) is 9.50. The largest absolute Gasteiger partial charge is 0.355 e. The molecule has 2 aromatic heterocycles. The number of aromatic nitrogens is 4. The van der Waals surface area contributed by atoms with Crippen LogP contribution in [-0.2, 0) is 7.05 Å². The summed E-state index contributed by atoms with van der Waals surface area (Å²) in [6.07, 6.45) is 4.00. The highest BCUT2D eigenvalue weighted by Crippen LogP contribution is 2.25. The summed E-state index contributed by atoms with van der Waals surface area (Å²) in [7, 11) is 3.54. The first-order chi connectivity index (χ1) is 12.9. The van der Waals surface area contributed by atoms with Gasteiger partial charge in [0.05, 0.1) is 11.7 Å². The molecule has 1 aliphatic rings. The highest BCUT2D eigenvalue weighted by Gasteiger charge is 2.28. The van der Waals surface area contributed by atoms with Crippen molar-refractivity contribution in [3.8, 4) is 0 Å². The number of hydrogen-bond donors (Lipinski definition) is 2. The van der Waals surface area contributed by atoms with Gasteiger partial charge >= 0.3 is 0 Å². The van der Waals surface area contributed by atoms with E-state index in [4.69, 9.17) is 0 Å². The number of hydrogen-bond acceptors (Lipinski definition) is 6. The lowest BCUT2D eigenvalue weighted by Gasteiger charge is -2.23. The normalized spacial score (nSPS) is 18.0. The lowest BCUT2D eigenvalue weighted by molar-refractivity contribution is 0.0952. The van der Waals surface area contributed by atoms with Crippen molar-refractivity contribution in [2.75, 3.05) is 25.0 Å². The van der Waals surface area contributed by atoms with Crippen LogP contribution in [0.4, 0.5) is 5.82 Å². The van der Waals surface area contributed by atoms with Gasteiger partial charge in [0.1, 0.15) is 5.82 Å². The molecule has 1 amide bonds. The zero-order valence-corrected chi connectivity index (χ0v) is 16.8. The molecule has 0 spiro atoms. The lowest BCUT2D eigenvalue weighted by atomic mass is 10.1. The fourth-order valence-electron chi connectivity index (χ4n) is 3.54. The van der Waals surface area contributed by atoms with Crippen molar-refractivity contribution in [3.63, 3.8) is 0 Å². The van der Waals surface area contributed by atoms with E-state index in [1.165, 1.54) is 0 Å². The number of amides is 1. The van der Waals surface area contributed by atoms with E-state index in [1.54, 1.807) is 7.05 Å². The van der Waals surface area contributed by atoms with Crippen molar-refractivity contribution in [1.29, 1.82) is 0 Å². The van der Waals surface area contributed by atoms with E-state index in [2.05, 4.69) is 43.6 Å². The van der Waals surface area contributed by atoms with Crippen LogP contribution in [0, 0.1) is 13.8 Å². The molecular weight excluding hydrogens is 342 g/mol. The predicted octanol–water partition coefficient (Wildman–Crippen LogP) is 1.51. The minimum Gasteiger partial charge on any atom is -0.355 e. The Morgan fingerprint density at radius 3 is 2.78 bits per heavy atom. The monoisotopic (exact) mass is 371 g/mol. The van der Waals surface area contributed by atoms with Gasteiger partial charge in [0.25, 0.3) is 5.91 Å². The molecule has 8 nitrogen and oxygen atoms in total. The average molecular weight is 371 g/mol. The smallest absolute Gasteiger partial charge is 0.288 e. The van der Waals surface area contributed by atoms with E-state index in [0.717, 1.165) is 48.7 Å². The van der Waals surface area contributed by atoms with Gasteiger partial charge in [0, 0.05) is 50.7 Å². The molecule has 3 rings (SSSR count). The van der Waals surface area contributed by atoms with Gasteiger partial charge in [0.15, 0.2) is 0 Å². The molecule has 27 heavy (non-hydrogen) atoms. The van der Waals surface area contributed by atoms with Crippen molar-refractivity contribution in [2.24, 2.45) is 7.05 Å². The molecular formula is C19H29N7O. The Bertz CT molecular complexity index is 816. The SMILES string of the molecule is CCC(N[C@@H]1CCN(c2nc(C(=O)NC)nc(C)c2C)C1)c1ccn(C)n1. The summed E-state index contributed by atoms with van der Waals surface area (Å²) >= 11 is 0. The van der Waals surface area contributed by atoms with E-state index >= 15 is 0 Å². The number of carbonyl (C=O) groups excluding carboxylic acids is 1. The quantitative estimate of drug-likeness (QED) is 0.800. The van der Waals surface area contributed by atoms with Gasteiger partial charge in [-0.25, -0.2) is 9.97 Å². The van der Waals surface area contributed by atoms with Crippen molar-refractivity contribution in [1.82, 2.24) is 30.4 Å². The molecule has 0 bridgehead atoms. The maximum absolute atomic E-state index is 12.0. The molecule has 3 heterocycles. The number of rotatable bonds is 6. The van der Waals surface area contributed by atoms with Crippen LogP contribution >= 0.6 is 0 Å². The number of aryl methyl sites for hydroxylation is 2. The summed E-state index contributed by atoms with van der Waals surface area (Å²) in [6.45, 7) is 7.87. The van der Waals surface area contributed by atoms with Crippen LogP contribution < -0.4 is 15.5 Å². The fraction of sp³-hybridized carbons (Fsp3) is 0.579. The molecule has 0 aromatic carbocycles. The van der Waals surface area contributed by atoms with E-state index in [-0.39, 0.29) is 17.8 Å². The van der Waals surface area contributed by atoms with Crippen LogP contribution in [0.25, 0.3) is 0 Å². The molecule has 0 aliphatic carbocycles. The molecule has 0 saturated carbocycles. The van der Waals surface area contributed by atoms with Crippen LogP contribution in [0.2, 0.25) is 0 Å². The summed E-state index contributed by atoms with van der Waals surface area (Å²) in [6, 6.07) is 2.67. The number of carbonyl (C=O) groups is 1. The van der Waals surface area contributed by atoms with Crippen LogP contribution in [0.1, 0.15) is 53.4 Å². The van der Waals surface area contributed by atoms with Crippen molar-refractivity contribution >= 4 is 11.7 Å². The Morgan fingerprint density at radius 2 is 2.15 bits per heavy atom. The molecule has 146 valence electrons. The van der Waals surface area contributed by atoms with Gasteiger partial charge in [-0.05, 0) is 32.8 Å². The first-order valence-corrected chi connectivity index (χ1v) is 9.50. The molecule has 1 aliphatic heterocycles. The van der Waals surface area contributed by atoms with Gasteiger partial charge < -0.3 is 15.5 Å². The van der Waals surface area contributed by atoms with Gasteiger partial charge in [0.2, 0.25) is 5.82 Å². The Morgan fingerprint density at radius 1 is 1.37 bits per heavy atom. The van der Waals surface area contributed by atoms with Gasteiger partial charge in [-0.1, -0.05) is 6.92 Å². The maximum atomic E-state index is 12.0. The van der Waals surface area contributed by atoms with Gasteiger partial charge in [-0.15, -0.1) is 0 Å². The van der Waals surface area contributed by atoms with E-state index in [9.17, 15) is 4.79 Å². The summed E-state index contributed by atoms with van der Waals surface area (Å²) in [5, 5.41) is 10.9. The summed E-state index contributed by atoms with van der Waals surface area (Å²) in [5.74, 6) is 0.831. The van der Waals surface area contributed by atoms with E-state index in [0.29, 0.717) is 6.04 Å². The maximum Gasteiger partial charge on any atom is 0.288 e. The molecule has 2 atom stereocenters. The van der Waals surface area contributed by atoms with Crippen LogP contribution in [0.15, 0.2) is 12.3 Å².